The molecule has 5 N–H and O–H groups in total. The quantitative estimate of drug-likeness (QED) is 0.546. The summed E-state index contributed by atoms with van der Waals surface area (Å²) in [6.07, 6.45) is 3.22. The lowest BCUT2D eigenvalue weighted by atomic mass is 9.92. The van der Waals surface area contributed by atoms with Crippen LogP contribution in [0.1, 0.15) is 23.6 Å². The van der Waals surface area contributed by atoms with Crippen LogP contribution in [0.15, 0.2) is 77.6 Å². The first kappa shape index (κ1) is 20.9. The fraction of sp³-hybridized carbons (Fsp3) is 0.0455. The van der Waals surface area contributed by atoms with Crippen LogP contribution in [0.25, 0.3) is 16.7 Å². The monoisotopic (exact) mass is 417 g/mol. The summed E-state index contributed by atoms with van der Waals surface area (Å²) in [5, 5.41) is 23.2. The molecule has 0 radical (unpaired) electrons. The molecular formula is C22H19N5O2S. The average Bonchev–Trinajstić information content (AvgIpc) is 2.73. The van der Waals surface area contributed by atoms with E-state index in [1.807, 2.05) is 0 Å². The summed E-state index contributed by atoms with van der Waals surface area (Å²) in [4.78, 5) is 3.90. The van der Waals surface area contributed by atoms with E-state index in [0.29, 0.717) is 33.5 Å². The van der Waals surface area contributed by atoms with Crippen molar-refractivity contribution < 1.29 is 8.42 Å². The molecule has 0 saturated carbocycles. The number of hydrogen-bond donors (Lipinski definition) is 3. The number of nitrogens with two attached hydrogens (primary N) is 2. The molecule has 1 heterocycles. The zero-order valence-electron chi connectivity index (χ0n) is 16.1. The molecule has 30 heavy (non-hydrogen) atoms. The van der Waals surface area contributed by atoms with Gasteiger partial charge < -0.3 is 5.73 Å². The molecule has 1 aromatic heterocycles. The zero-order valence-corrected chi connectivity index (χ0v) is 16.9. The van der Waals surface area contributed by atoms with E-state index in [1.165, 1.54) is 18.2 Å². The topological polar surface area (TPSA) is 147 Å². The number of aromatic nitrogens is 1. The Morgan fingerprint density at radius 2 is 1.67 bits per heavy atom. The lowest BCUT2D eigenvalue weighted by molar-refractivity contribution is 0.598. The third-order valence-corrected chi connectivity index (χ3v) is 5.45. The first-order valence-electron chi connectivity index (χ1n) is 8.86. The molecule has 0 unspecified atom stereocenters. The van der Waals surface area contributed by atoms with Gasteiger partial charge in [-0.1, -0.05) is 24.3 Å². The number of primary sulfonamides is 1. The van der Waals surface area contributed by atoms with E-state index in [-0.39, 0.29) is 10.6 Å². The molecule has 150 valence electrons. The van der Waals surface area contributed by atoms with E-state index >= 15 is 0 Å². The number of hydrogen-bond acceptors (Lipinski definition) is 6. The molecule has 3 rings (SSSR count). The second kappa shape index (κ2) is 8.29. The highest BCUT2D eigenvalue weighted by atomic mass is 32.2. The summed E-state index contributed by atoms with van der Waals surface area (Å²) in [5.74, 6) is 0. The Morgan fingerprint density at radius 3 is 2.20 bits per heavy atom. The highest BCUT2D eigenvalue weighted by molar-refractivity contribution is 7.89. The van der Waals surface area contributed by atoms with E-state index in [2.05, 4.69) is 11.1 Å². The predicted molar refractivity (Wildman–Crippen MR) is 116 cm³/mol. The van der Waals surface area contributed by atoms with Crippen molar-refractivity contribution in [2.45, 2.75) is 11.8 Å². The normalized spacial score (nSPS) is 12.0. The van der Waals surface area contributed by atoms with Crippen LogP contribution in [-0.2, 0) is 10.0 Å². The van der Waals surface area contributed by atoms with E-state index < -0.39 is 10.0 Å². The molecule has 0 saturated heterocycles. The number of sulfonamides is 1. The molecule has 0 aliphatic rings. The summed E-state index contributed by atoms with van der Waals surface area (Å²) >= 11 is 0. The average molecular weight is 417 g/mol. The van der Waals surface area contributed by atoms with Gasteiger partial charge in [-0.15, -0.1) is 0 Å². The highest BCUT2D eigenvalue weighted by Gasteiger charge is 2.15. The smallest absolute Gasteiger partial charge is 0.238 e. The Morgan fingerprint density at radius 1 is 1.03 bits per heavy atom. The minimum Gasteiger partial charge on any atom is -0.402 e. The number of benzene rings is 2. The van der Waals surface area contributed by atoms with E-state index in [1.54, 1.807) is 55.7 Å². The van der Waals surface area contributed by atoms with Crippen LogP contribution in [0.2, 0.25) is 0 Å². The molecule has 3 aromatic rings. The molecule has 0 spiro atoms. The second-order valence-electron chi connectivity index (χ2n) is 6.61. The van der Waals surface area contributed by atoms with Crippen molar-refractivity contribution in [1.82, 2.24) is 4.98 Å². The van der Waals surface area contributed by atoms with E-state index in [9.17, 15) is 13.7 Å². The maximum atomic E-state index is 11.7. The SMILES string of the molecule is C/C(N)=C(/C(=N)c1ccncc1)c1ccc(-c2cc(S(N)(=O)=O)ccc2C#N)cc1. The highest BCUT2D eigenvalue weighted by Crippen LogP contribution is 2.29. The summed E-state index contributed by atoms with van der Waals surface area (Å²) in [5.41, 5.74) is 10.2. The van der Waals surface area contributed by atoms with Crippen LogP contribution in [0.4, 0.5) is 0 Å². The number of allylic oxidation sites excluding steroid dienone is 2. The third-order valence-electron chi connectivity index (χ3n) is 4.54. The molecule has 0 bridgehead atoms. The zero-order chi connectivity index (χ0) is 21.9. The van der Waals surface area contributed by atoms with Gasteiger partial charge in [-0.2, -0.15) is 5.26 Å². The number of pyridine rings is 1. The van der Waals surface area contributed by atoms with Gasteiger partial charge in [-0.25, -0.2) is 13.6 Å². The molecule has 2 aromatic carbocycles. The van der Waals surface area contributed by atoms with Crippen LogP contribution in [0.5, 0.6) is 0 Å². The van der Waals surface area contributed by atoms with Crippen molar-refractivity contribution >= 4 is 21.3 Å². The van der Waals surface area contributed by atoms with Crippen molar-refractivity contribution in [1.29, 1.82) is 10.7 Å². The van der Waals surface area contributed by atoms with Gasteiger partial charge >= 0.3 is 0 Å². The fourth-order valence-corrected chi connectivity index (χ4v) is 3.63. The summed E-state index contributed by atoms with van der Waals surface area (Å²) in [6.45, 7) is 1.72. The molecule has 0 aliphatic carbocycles. The van der Waals surface area contributed by atoms with Crippen molar-refractivity contribution in [3.8, 4) is 17.2 Å². The van der Waals surface area contributed by atoms with Gasteiger partial charge in [0.15, 0.2) is 0 Å². The minimum atomic E-state index is -3.90. The van der Waals surface area contributed by atoms with Gasteiger partial charge in [-0.05, 0) is 48.4 Å². The molecule has 0 atom stereocenters. The van der Waals surface area contributed by atoms with Crippen molar-refractivity contribution in [3.05, 3.63) is 89.4 Å². The number of nitriles is 1. The molecular weight excluding hydrogens is 398 g/mol. The lowest BCUT2D eigenvalue weighted by Crippen LogP contribution is -2.12. The molecule has 8 heteroatoms. The van der Waals surface area contributed by atoms with Gasteiger partial charge in [0.1, 0.15) is 0 Å². The Labute approximate surface area is 174 Å². The maximum Gasteiger partial charge on any atom is 0.238 e. The van der Waals surface area contributed by atoms with Gasteiger partial charge in [0.25, 0.3) is 0 Å². The summed E-state index contributed by atoms with van der Waals surface area (Å²) in [7, 11) is -3.90. The van der Waals surface area contributed by atoms with Gasteiger partial charge in [0.05, 0.1) is 22.2 Å². The van der Waals surface area contributed by atoms with Crippen molar-refractivity contribution in [2.24, 2.45) is 10.9 Å². The van der Waals surface area contributed by atoms with Crippen molar-refractivity contribution in [3.63, 3.8) is 0 Å². The molecule has 0 amide bonds. The van der Waals surface area contributed by atoms with Crippen LogP contribution in [-0.4, -0.2) is 19.1 Å². The van der Waals surface area contributed by atoms with Crippen molar-refractivity contribution in [2.75, 3.05) is 0 Å². The molecule has 0 aliphatic heterocycles. The largest absolute Gasteiger partial charge is 0.402 e. The fourth-order valence-electron chi connectivity index (χ4n) is 3.09. The van der Waals surface area contributed by atoms with Crippen LogP contribution < -0.4 is 10.9 Å². The van der Waals surface area contributed by atoms with Crippen LogP contribution in [0.3, 0.4) is 0 Å². The van der Waals surface area contributed by atoms with E-state index in [4.69, 9.17) is 16.3 Å². The van der Waals surface area contributed by atoms with Gasteiger partial charge in [0.2, 0.25) is 10.0 Å². The van der Waals surface area contributed by atoms with Crippen LogP contribution in [0, 0.1) is 16.7 Å². The standard InChI is InChI=1S/C22H19N5O2S/c1-14(24)21(22(25)17-8-10-27-11-9-17)16-4-2-15(3-5-16)20-12-19(30(26,28)29)7-6-18(20)13-23/h2-12,25H,24H2,1H3,(H2,26,28,29)/b21-14-,25-22?. The Kier molecular flexibility index (Phi) is 5.78. The number of rotatable bonds is 5. The van der Waals surface area contributed by atoms with Gasteiger partial charge in [-0.3, -0.25) is 10.4 Å². The Balaban J connectivity index is 2.06. The predicted octanol–water partition coefficient (Wildman–Crippen LogP) is 3.03. The molecule has 7 nitrogen and oxygen atoms in total. The number of nitrogens with zero attached hydrogens (tertiary/aromatic N) is 2. The second-order valence-corrected chi connectivity index (χ2v) is 8.17. The summed E-state index contributed by atoms with van der Waals surface area (Å²) < 4.78 is 23.4. The lowest BCUT2D eigenvalue weighted by Gasteiger charge is -2.13. The Hall–Kier alpha value is -3.80. The first-order valence-corrected chi connectivity index (χ1v) is 10.4. The maximum absolute atomic E-state index is 11.7. The summed E-state index contributed by atoms with van der Waals surface area (Å²) in [6, 6.07) is 16.7. The third kappa shape index (κ3) is 4.27. The first-order chi connectivity index (χ1) is 14.2. The number of nitrogens with one attached hydrogen (secondary N) is 1. The minimum absolute atomic E-state index is 0.0709. The Bertz CT molecular complexity index is 1290. The molecule has 0 fully saturated rings. The van der Waals surface area contributed by atoms with Gasteiger partial charge in [0, 0.05) is 34.8 Å². The van der Waals surface area contributed by atoms with Crippen LogP contribution >= 0.6 is 0 Å². The van der Waals surface area contributed by atoms with E-state index in [0.717, 1.165) is 5.56 Å².